The molecule has 0 aliphatic rings. The number of aryl methyl sites for hydroxylation is 1. The molecule has 0 unspecified atom stereocenters. The van der Waals surface area contributed by atoms with Crippen LogP contribution in [-0.4, -0.2) is 5.11 Å². The SMILES string of the molecule is Cc1cc(Cc2ccccc2S)ccc1O. The van der Waals surface area contributed by atoms with Crippen molar-refractivity contribution >= 4 is 12.6 Å². The molecule has 0 fully saturated rings. The molecule has 0 amide bonds. The lowest BCUT2D eigenvalue weighted by molar-refractivity contribution is 0.471. The smallest absolute Gasteiger partial charge is 0.118 e. The first-order valence-electron chi connectivity index (χ1n) is 5.22. The molecular formula is C14H14OS. The second kappa shape index (κ2) is 4.62. The molecule has 0 aliphatic carbocycles. The lowest BCUT2D eigenvalue weighted by Gasteiger charge is -2.06. The van der Waals surface area contributed by atoms with Crippen LogP contribution in [0.2, 0.25) is 0 Å². The minimum Gasteiger partial charge on any atom is -0.508 e. The topological polar surface area (TPSA) is 20.2 Å². The van der Waals surface area contributed by atoms with Gasteiger partial charge in [-0.3, -0.25) is 0 Å². The maximum atomic E-state index is 9.45. The van der Waals surface area contributed by atoms with E-state index in [9.17, 15) is 5.11 Å². The van der Waals surface area contributed by atoms with E-state index in [1.807, 2.05) is 37.3 Å². The van der Waals surface area contributed by atoms with E-state index in [1.165, 1.54) is 11.1 Å². The van der Waals surface area contributed by atoms with Crippen molar-refractivity contribution in [3.05, 3.63) is 59.2 Å². The molecule has 2 aromatic carbocycles. The number of rotatable bonds is 2. The van der Waals surface area contributed by atoms with Crippen LogP contribution in [0, 0.1) is 6.92 Å². The average Bonchev–Trinajstić information content (AvgIpc) is 2.27. The number of hydrogen-bond acceptors (Lipinski definition) is 2. The van der Waals surface area contributed by atoms with Gasteiger partial charge in [-0.15, -0.1) is 12.6 Å². The van der Waals surface area contributed by atoms with Crippen LogP contribution >= 0.6 is 12.6 Å². The van der Waals surface area contributed by atoms with E-state index in [1.54, 1.807) is 6.07 Å². The third-order valence-corrected chi connectivity index (χ3v) is 3.08. The Morgan fingerprint density at radius 1 is 1.12 bits per heavy atom. The van der Waals surface area contributed by atoms with Gasteiger partial charge in [-0.05, 0) is 42.2 Å². The van der Waals surface area contributed by atoms with Gasteiger partial charge >= 0.3 is 0 Å². The molecule has 2 aromatic rings. The minimum atomic E-state index is 0.350. The normalized spacial score (nSPS) is 10.4. The Morgan fingerprint density at radius 3 is 2.56 bits per heavy atom. The summed E-state index contributed by atoms with van der Waals surface area (Å²) in [6.07, 6.45) is 0.848. The van der Waals surface area contributed by atoms with E-state index in [0.717, 1.165) is 16.9 Å². The van der Waals surface area contributed by atoms with Gasteiger partial charge in [0.15, 0.2) is 0 Å². The van der Waals surface area contributed by atoms with Gasteiger partial charge < -0.3 is 5.11 Å². The molecule has 0 saturated carbocycles. The molecule has 1 N–H and O–H groups in total. The van der Waals surface area contributed by atoms with Crippen LogP contribution in [0.3, 0.4) is 0 Å². The molecular weight excluding hydrogens is 216 g/mol. The monoisotopic (exact) mass is 230 g/mol. The summed E-state index contributed by atoms with van der Waals surface area (Å²) in [5.41, 5.74) is 3.31. The Morgan fingerprint density at radius 2 is 1.88 bits per heavy atom. The fourth-order valence-corrected chi connectivity index (χ4v) is 1.95. The molecule has 0 atom stereocenters. The minimum absolute atomic E-state index is 0.350. The van der Waals surface area contributed by atoms with Gasteiger partial charge in [0.25, 0.3) is 0 Å². The molecule has 0 aromatic heterocycles. The van der Waals surface area contributed by atoms with Gasteiger partial charge in [0.2, 0.25) is 0 Å². The second-order valence-electron chi connectivity index (χ2n) is 3.93. The van der Waals surface area contributed by atoms with Crippen molar-refractivity contribution in [1.82, 2.24) is 0 Å². The standard InChI is InChI=1S/C14H14OS/c1-10-8-11(6-7-13(10)15)9-12-4-2-3-5-14(12)16/h2-8,15-16H,9H2,1H3. The molecule has 0 heterocycles. The summed E-state index contributed by atoms with van der Waals surface area (Å²) in [5.74, 6) is 0.350. The Balaban J connectivity index is 2.28. The molecule has 82 valence electrons. The van der Waals surface area contributed by atoms with Crippen molar-refractivity contribution in [1.29, 1.82) is 0 Å². The zero-order valence-electron chi connectivity index (χ0n) is 9.14. The summed E-state index contributed by atoms with van der Waals surface area (Å²) in [5, 5.41) is 9.45. The first-order valence-corrected chi connectivity index (χ1v) is 5.67. The predicted octanol–water partition coefficient (Wildman–Crippen LogP) is 3.58. The van der Waals surface area contributed by atoms with E-state index >= 15 is 0 Å². The van der Waals surface area contributed by atoms with E-state index in [-0.39, 0.29) is 0 Å². The number of hydrogen-bond donors (Lipinski definition) is 2. The highest BCUT2D eigenvalue weighted by molar-refractivity contribution is 7.80. The summed E-state index contributed by atoms with van der Waals surface area (Å²) < 4.78 is 0. The summed E-state index contributed by atoms with van der Waals surface area (Å²) in [7, 11) is 0. The molecule has 1 nitrogen and oxygen atoms in total. The van der Waals surface area contributed by atoms with Gasteiger partial charge in [0, 0.05) is 4.90 Å². The number of phenolic OH excluding ortho intramolecular Hbond substituents is 1. The lowest BCUT2D eigenvalue weighted by atomic mass is 10.0. The van der Waals surface area contributed by atoms with Crippen LogP contribution in [0.5, 0.6) is 5.75 Å². The van der Waals surface area contributed by atoms with E-state index < -0.39 is 0 Å². The Bertz CT molecular complexity index is 506. The molecule has 16 heavy (non-hydrogen) atoms. The second-order valence-corrected chi connectivity index (χ2v) is 4.41. The maximum Gasteiger partial charge on any atom is 0.118 e. The first kappa shape index (κ1) is 11.1. The van der Waals surface area contributed by atoms with Gasteiger partial charge in [0.05, 0.1) is 0 Å². The summed E-state index contributed by atoms with van der Waals surface area (Å²) in [6, 6.07) is 13.8. The fourth-order valence-electron chi connectivity index (χ4n) is 1.71. The fraction of sp³-hybridized carbons (Fsp3) is 0.143. The molecule has 2 heteroatoms. The predicted molar refractivity (Wildman–Crippen MR) is 69.3 cm³/mol. The van der Waals surface area contributed by atoms with Crippen molar-refractivity contribution in [2.24, 2.45) is 0 Å². The maximum absolute atomic E-state index is 9.45. The molecule has 0 saturated heterocycles. The zero-order chi connectivity index (χ0) is 11.5. The van der Waals surface area contributed by atoms with Crippen LogP contribution in [0.1, 0.15) is 16.7 Å². The van der Waals surface area contributed by atoms with Gasteiger partial charge in [-0.1, -0.05) is 30.3 Å². The van der Waals surface area contributed by atoms with Crippen LogP contribution in [0.4, 0.5) is 0 Å². The molecule has 0 aliphatic heterocycles. The highest BCUT2D eigenvalue weighted by Crippen LogP contribution is 2.21. The van der Waals surface area contributed by atoms with Crippen molar-refractivity contribution in [2.75, 3.05) is 0 Å². The van der Waals surface area contributed by atoms with Crippen molar-refractivity contribution in [3.63, 3.8) is 0 Å². The summed E-state index contributed by atoms with van der Waals surface area (Å²) in [6.45, 7) is 1.91. The van der Waals surface area contributed by atoms with Crippen molar-refractivity contribution in [3.8, 4) is 5.75 Å². The Hall–Kier alpha value is -1.41. The summed E-state index contributed by atoms with van der Waals surface area (Å²) >= 11 is 4.42. The van der Waals surface area contributed by atoms with Crippen LogP contribution < -0.4 is 0 Å². The third kappa shape index (κ3) is 2.39. The quantitative estimate of drug-likeness (QED) is 0.756. The van der Waals surface area contributed by atoms with E-state index in [0.29, 0.717) is 5.75 Å². The Kier molecular flexibility index (Phi) is 3.20. The zero-order valence-corrected chi connectivity index (χ0v) is 10.0. The molecule has 0 bridgehead atoms. The third-order valence-electron chi connectivity index (χ3n) is 2.65. The van der Waals surface area contributed by atoms with Crippen molar-refractivity contribution < 1.29 is 5.11 Å². The lowest BCUT2D eigenvalue weighted by Crippen LogP contribution is -1.90. The molecule has 0 radical (unpaired) electrons. The molecule has 0 spiro atoms. The van der Waals surface area contributed by atoms with E-state index in [2.05, 4.69) is 18.7 Å². The number of phenols is 1. The van der Waals surface area contributed by atoms with Crippen LogP contribution in [0.15, 0.2) is 47.4 Å². The van der Waals surface area contributed by atoms with Crippen molar-refractivity contribution in [2.45, 2.75) is 18.2 Å². The molecule has 2 rings (SSSR count). The first-order chi connectivity index (χ1) is 7.66. The van der Waals surface area contributed by atoms with Gasteiger partial charge in [0.1, 0.15) is 5.75 Å². The van der Waals surface area contributed by atoms with E-state index in [4.69, 9.17) is 0 Å². The number of aromatic hydroxyl groups is 1. The van der Waals surface area contributed by atoms with Crippen LogP contribution in [0.25, 0.3) is 0 Å². The highest BCUT2D eigenvalue weighted by Gasteiger charge is 2.02. The summed E-state index contributed by atoms with van der Waals surface area (Å²) in [4.78, 5) is 1.01. The average molecular weight is 230 g/mol. The Labute approximate surface area is 101 Å². The largest absolute Gasteiger partial charge is 0.508 e. The number of benzene rings is 2. The van der Waals surface area contributed by atoms with Gasteiger partial charge in [-0.25, -0.2) is 0 Å². The highest BCUT2D eigenvalue weighted by atomic mass is 32.1. The van der Waals surface area contributed by atoms with Crippen LogP contribution in [-0.2, 0) is 6.42 Å². The number of thiol groups is 1. The van der Waals surface area contributed by atoms with Gasteiger partial charge in [-0.2, -0.15) is 0 Å².